The van der Waals surface area contributed by atoms with E-state index in [0.29, 0.717) is 18.7 Å². The lowest BCUT2D eigenvalue weighted by Crippen LogP contribution is -2.27. The number of benzene rings is 2. The van der Waals surface area contributed by atoms with Crippen LogP contribution in [0.1, 0.15) is 33.6 Å². The molecule has 1 aliphatic rings. The standard InChI is InChI=1S/C23H22N2O4/c26-21(27)14-29-16-10-8-15(9-11-16)12-13-24-23(28)22-17-4-1-2-6-19(17)25-20-7-3-5-18(20)22/h1-2,4,6,8-11H,3,5,7,12-14H2,(H,24,28)(H,26,27). The van der Waals surface area contributed by atoms with Crippen LogP contribution in [0.5, 0.6) is 5.75 Å². The number of fused-ring (bicyclic) bond motifs is 2. The fourth-order valence-corrected chi connectivity index (χ4v) is 3.78. The normalized spacial score (nSPS) is 12.6. The maximum atomic E-state index is 13.0. The van der Waals surface area contributed by atoms with Gasteiger partial charge in [-0.1, -0.05) is 30.3 Å². The van der Waals surface area contributed by atoms with Crippen molar-refractivity contribution in [2.45, 2.75) is 25.7 Å². The lowest BCUT2D eigenvalue weighted by molar-refractivity contribution is -0.139. The summed E-state index contributed by atoms with van der Waals surface area (Å²) in [6.45, 7) is 0.152. The Bertz CT molecular complexity index is 1060. The van der Waals surface area contributed by atoms with Gasteiger partial charge in [0.15, 0.2) is 6.61 Å². The predicted molar refractivity (Wildman–Crippen MR) is 109 cm³/mol. The molecule has 2 aromatic carbocycles. The molecule has 0 bridgehead atoms. The summed E-state index contributed by atoms with van der Waals surface area (Å²) >= 11 is 0. The van der Waals surface area contributed by atoms with Crippen LogP contribution in [-0.4, -0.2) is 35.1 Å². The van der Waals surface area contributed by atoms with E-state index in [2.05, 4.69) is 5.32 Å². The third-order valence-electron chi connectivity index (χ3n) is 5.13. The first-order valence-corrected chi connectivity index (χ1v) is 9.74. The van der Waals surface area contributed by atoms with Gasteiger partial charge in [0.25, 0.3) is 5.91 Å². The topological polar surface area (TPSA) is 88.5 Å². The van der Waals surface area contributed by atoms with Crippen molar-refractivity contribution in [3.8, 4) is 5.75 Å². The smallest absolute Gasteiger partial charge is 0.341 e. The van der Waals surface area contributed by atoms with E-state index in [4.69, 9.17) is 14.8 Å². The van der Waals surface area contributed by atoms with Crippen LogP contribution in [0.15, 0.2) is 48.5 Å². The number of carboxylic acids is 1. The largest absolute Gasteiger partial charge is 0.482 e. The lowest BCUT2D eigenvalue weighted by Gasteiger charge is -2.13. The van der Waals surface area contributed by atoms with Gasteiger partial charge < -0.3 is 15.2 Å². The highest BCUT2D eigenvalue weighted by atomic mass is 16.5. The third-order valence-corrected chi connectivity index (χ3v) is 5.13. The van der Waals surface area contributed by atoms with Crippen LogP contribution < -0.4 is 10.1 Å². The number of aromatic nitrogens is 1. The second-order valence-corrected chi connectivity index (χ2v) is 7.12. The minimum absolute atomic E-state index is 0.0526. The van der Waals surface area contributed by atoms with Crippen molar-refractivity contribution in [2.75, 3.05) is 13.2 Å². The summed E-state index contributed by atoms with van der Waals surface area (Å²) in [7, 11) is 0. The number of hydrogen-bond acceptors (Lipinski definition) is 4. The summed E-state index contributed by atoms with van der Waals surface area (Å²) in [5.74, 6) is -0.547. The molecule has 0 fully saturated rings. The van der Waals surface area contributed by atoms with Crippen LogP contribution in [-0.2, 0) is 24.1 Å². The number of ether oxygens (including phenoxy) is 1. The van der Waals surface area contributed by atoms with Crippen molar-refractivity contribution >= 4 is 22.8 Å². The van der Waals surface area contributed by atoms with Crippen molar-refractivity contribution in [2.24, 2.45) is 0 Å². The quantitative estimate of drug-likeness (QED) is 0.647. The number of pyridine rings is 1. The van der Waals surface area contributed by atoms with E-state index in [1.54, 1.807) is 12.1 Å². The first-order valence-electron chi connectivity index (χ1n) is 9.74. The SMILES string of the molecule is O=C(O)COc1ccc(CCNC(=O)c2c3c(nc4ccccc24)CCC3)cc1. The first kappa shape index (κ1) is 18.9. The Morgan fingerprint density at radius 3 is 2.66 bits per heavy atom. The van der Waals surface area contributed by atoms with E-state index in [-0.39, 0.29) is 12.5 Å². The number of carbonyl (C=O) groups excluding carboxylic acids is 1. The molecular weight excluding hydrogens is 368 g/mol. The molecule has 0 saturated carbocycles. The van der Waals surface area contributed by atoms with Gasteiger partial charge in [-0.05, 0) is 55.0 Å². The number of para-hydroxylation sites is 1. The third kappa shape index (κ3) is 4.21. The van der Waals surface area contributed by atoms with Crippen molar-refractivity contribution in [1.82, 2.24) is 10.3 Å². The molecule has 0 atom stereocenters. The van der Waals surface area contributed by atoms with Crippen molar-refractivity contribution in [3.05, 3.63) is 70.9 Å². The number of rotatable bonds is 7. The highest BCUT2D eigenvalue weighted by Gasteiger charge is 2.23. The Labute approximate surface area is 168 Å². The first-order chi connectivity index (χ1) is 14.1. The number of hydrogen-bond donors (Lipinski definition) is 2. The van der Waals surface area contributed by atoms with Crippen LogP contribution in [0.3, 0.4) is 0 Å². The van der Waals surface area contributed by atoms with Gasteiger partial charge in [-0.25, -0.2) is 4.79 Å². The van der Waals surface area contributed by atoms with E-state index in [9.17, 15) is 9.59 Å². The molecule has 148 valence electrons. The molecule has 1 aliphatic carbocycles. The number of nitrogens with zero attached hydrogens (tertiary/aromatic N) is 1. The zero-order valence-corrected chi connectivity index (χ0v) is 16.0. The van der Waals surface area contributed by atoms with Crippen molar-refractivity contribution in [1.29, 1.82) is 0 Å². The number of amides is 1. The second-order valence-electron chi connectivity index (χ2n) is 7.12. The maximum absolute atomic E-state index is 13.0. The summed E-state index contributed by atoms with van der Waals surface area (Å²) in [5.41, 5.74) is 4.81. The van der Waals surface area contributed by atoms with Crippen LogP contribution in [0.4, 0.5) is 0 Å². The molecule has 2 N–H and O–H groups in total. The monoisotopic (exact) mass is 390 g/mol. The number of carbonyl (C=O) groups is 2. The van der Waals surface area contributed by atoms with E-state index < -0.39 is 5.97 Å². The zero-order chi connectivity index (χ0) is 20.2. The molecule has 0 spiro atoms. The number of nitrogens with one attached hydrogen (secondary N) is 1. The summed E-state index contributed by atoms with van der Waals surface area (Å²) in [5, 5.41) is 12.6. The Morgan fingerprint density at radius 2 is 1.86 bits per heavy atom. The van der Waals surface area contributed by atoms with Crippen molar-refractivity contribution < 1.29 is 19.4 Å². The summed E-state index contributed by atoms with van der Waals surface area (Å²) in [6.07, 6.45) is 3.54. The molecule has 1 amide bonds. The average molecular weight is 390 g/mol. The van der Waals surface area contributed by atoms with Gasteiger partial charge in [0.2, 0.25) is 0 Å². The molecular formula is C23H22N2O4. The van der Waals surface area contributed by atoms with Gasteiger partial charge in [-0.2, -0.15) is 0 Å². The van der Waals surface area contributed by atoms with Gasteiger partial charge in [-0.3, -0.25) is 9.78 Å². The number of aliphatic carboxylic acids is 1. The Morgan fingerprint density at radius 1 is 1.07 bits per heavy atom. The van der Waals surface area contributed by atoms with Gasteiger partial charge in [0.05, 0.1) is 11.1 Å². The maximum Gasteiger partial charge on any atom is 0.341 e. The minimum atomic E-state index is -1.01. The van der Waals surface area contributed by atoms with E-state index in [1.165, 1.54) is 0 Å². The Kier molecular flexibility index (Phi) is 5.42. The van der Waals surface area contributed by atoms with E-state index in [1.807, 2.05) is 36.4 Å². The number of aryl methyl sites for hydroxylation is 1. The van der Waals surface area contributed by atoms with Crippen LogP contribution >= 0.6 is 0 Å². The summed E-state index contributed by atoms with van der Waals surface area (Å²) in [6, 6.07) is 15.0. The van der Waals surface area contributed by atoms with Gasteiger partial charge in [-0.15, -0.1) is 0 Å². The molecule has 29 heavy (non-hydrogen) atoms. The molecule has 6 heteroatoms. The highest BCUT2D eigenvalue weighted by molar-refractivity contribution is 6.07. The van der Waals surface area contributed by atoms with Gasteiger partial charge >= 0.3 is 5.97 Å². The molecule has 0 unspecified atom stereocenters. The predicted octanol–water partition coefficient (Wildman–Crippen LogP) is 3.16. The van der Waals surface area contributed by atoms with E-state index in [0.717, 1.165) is 52.5 Å². The lowest BCUT2D eigenvalue weighted by atomic mass is 10.0. The minimum Gasteiger partial charge on any atom is -0.482 e. The van der Waals surface area contributed by atoms with Crippen LogP contribution in [0.2, 0.25) is 0 Å². The van der Waals surface area contributed by atoms with Crippen LogP contribution in [0, 0.1) is 0 Å². The average Bonchev–Trinajstić information content (AvgIpc) is 3.19. The Balaban J connectivity index is 1.43. The second kappa shape index (κ2) is 8.31. The van der Waals surface area contributed by atoms with Crippen LogP contribution in [0.25, 0.3) is 10.9 Å². The molecule has 3 aromatic rings. The molecule has 1 heterocycles. The number of carboxylic acid groups (broad SMARTS) is 1. The zero-order valence-electron chi connectivity index (χ0n) is 16.0. The Hall–Kier alpha value is -3.41. The molecule has 6 nitrogen and oxygen atoms in total. The summed E-state index contributed by atoms with van der Waals surface area (Å²) < 4.78 is 5.13. The molecule has 4 rings (SSSR count). The molecule has 0 radical (unpaired) electrons. The van der Waals surface area contributed by atoms with Gasteiger partial charge in [0, 0.05) is 17.6 Å². The highest BCUT2D eigenvalue weighted by Crippen LogP contribution is 2.29. The van der Waals surface area contributed by atoms with Crippen molar-refractivity contribution in [3.63, 3.8) is 0 Å². The molecule has 0 saturated heterocycles. The molecule has 1 aromatic heterocycles. The molecule has 0 aliphatic heterocycles. The van der Waals surface area contributed by atoms with Gasteiger partial charge in [0.1, 0.15) is 5.75 Å². The fourth-order valence-electron chi connectivity index (χ4n) is 3.78. The van der Waals surface area contributed by atoms with E-state index >= 15 is 0 Å². The fraction of sp³-hybridized carbons (Fsp3) is 0.261. The summed E-state index contributed by atoms with van der Waals surface area (Å²) in [4.78, 5) is 28.3.